The number of benzene rings is 1. The first-order valence-electron chi connectivity index (χ1n) is 9.74. The highest BCUT2D eigenvalue weighted by molar-refractivity contribution is 6.43. The molecule has 0 atom stereocenters. The Labute approximate surface area is 174 Å². The minimum atomic E-state index is -0.0531. The lowest BCUT2D eigenvalue weighted by Crippen LogP contribution is -2.39. The van der Waals surface area contributed by atoms with Gasteiger partial charge in [0, 0.05) is 24.7 Å². The zero-order valence-electron chi connectivity index (χ0n) is 15.6. The largest absolute Gasteiger partial charge is 0.506 e. The second-order valence-corrected chi connectivity index (χ2v) is 8.69. The molecule has 5 nitrogen and oxygen atoms in total. The van der Waals surface area contributed by atoms with E-state index in [9.17, 15) is 10.0 Å². The van der Waals surface area contributed by atoms with Crippen LogP contribution in [-0.2, 0) is 6.54 Å². The average Bonchev–Trinajstić information content (AvgIpc) is 3.14. The van der Waals surface area contributed by atoms with Crippen molar-refractivity contribution < 1.29 is 5.11 Å². The summed E-state index contributed by atoms with van der Waals surface area (Å²) >= 11 is 12.4. The van der Waals surface area contributed by atoms with Crippen LogP contribution < -0.4 is 4.90 Å². The van der Waals surface area contributed by atoms with Crippen LogP contribution in [0.15, 0.2) is 29.4 Å². The molecule has 1 aromatic heterocycles. The first-order valence-corrected chi connectivity index (χ1v) is 10.5. The predicted octanol–water partition coefficient (Wildman–Crippen LogP) is 6.19. The first-order chi connectivity index (χ1) is 13.5. The van der Waals surface area contributed by atoms with E-state index < -0.39 is 0 Å². The highest BCUT2D eigenvalue weighted by Crippen LogP contribution is 2.47. The number of rotatable bonds is 4. The van der Waals surface area contributed by atoms with E-state index in [0.29, 0.717) is 32.4 Å². The number of hydrogen-bond donors (Lipinski definition) is 1. The molecule has 0 unspecified atom stereocenters. The molecule has 4 rings (SSSR count). The second kappa shape index (κ2) is 7.88. The van der Waals surface area contributed by atoms with Crippen molar-refractivity contribution in [3.8, 4) is 17.0 Å². The quantitative estimate of drug-likeness (QED) is 0.599. The van der Waals surface area contributed by atoms with Crippen molar-refractivity contribution >= 4 is 28.9 Å². The van der Waals surface area contributed by atoms with Crippen molar-refractivity contribution in [2.45, 2.75) is 45.1 Å². The first kappa shape index (κ1) is 19.5. The Bertz CT molecular complexity index is 887. The van der Waals surface area contributed by atoms with Crippen molar-refractivity contribution in [1.82, 2.24) is 4.98 Å². The maximum absolute atomic E-state index is 11.0. The summed E-state index contributed by atoms with van der Waals surface area (Å²) < 4.78 is 0. The number of aromatic nitrogens is 1. The summed E-state index contributed by atoms with van der Waals surface area (Å²) in [6.07, 6.45) is 7.58. The lowest BCUT2D eigenvalue weighted by atomic mass is 9.77. The normalized spacial score (nSPS) is 18.6. The van der Waals surface area contributed by atoms with E-state index in [0.717, 1.165) is 31.6 Å². The van der Waals surface area contributed by atoms with Gasteiger partial charge in [-0.2, -0.15) is 4.91 Å². The van der Waals surface area contributed by atoms with Crippen molar-refractivity contribution in [3.63, 3.8) is 0 Å². The van der Waals surface area contributed by atoms with Gasteiger partial charge in [0.2, 0.25) is 0 Å². The molecular weight excluding hydrogens is 397 g/mol. The van der Waals surface area contributed by atoms with Gasteiger partial charge in [-0.3, -0.25) is 0 Å². The van der Waals surface area contributed by atoms with E-state index in [-0.39, 0.29) is 12.3 Å². The van der Waals surface area contributed by atoms with Gasteiger partial charge in [0.05, 0.1) is 21.4 Å². The van der Waals surface area contributed by atoms with Crippen LogP contribution in [0.2, 0.25) is 10.0 Å². The lowest BCUT2D eigenvalue weighted by Gasteiger charge is -2.41. The van der Waals surface area contributed by atoms with Crippen LogP contribution in [0.4, 0.5) is 5.69 Å². The van der Waals surface area contributed by atoms with Crippen LogP contribution in [0.1, 0.15) is 44.2 Å². The molecule has 2 heterocycles. The molecule has 1 N–H and O–H groups in total. The van der Waals surface area contributed by atoms with Crippen LogP contribution in [0, 0.1) is 10.3 Å². The van der Waals surface area contributed by atoms with Crippen LogP contribution in [0.3, 0.4) is 0 Å². The average molecular weight is 420 g/mol. The summed E-state index contributed by atoms with van der Waals surface area (Å²) in [6, 6.07) is 6.87. The Morgan fingerprint density at radius 3 is 2.54 bits per heavy atom. The zero-order chi connectivity index (χ0) is 19.7. The second-order valence-electron chi connectivity index (χ2n) is 7.90. The summed E-state index contributed by atoms with van der Waals surface area (Å²) in [5.74, 6) is 0.0231. The molecule has 1 aliphatic carbocycles. The number of anilines is 1. The molecule has 7 heteroatoms. The number of hydrogen-bond acceptors (Lipinski definition) is 5. The summed E-state index contributed by atoms with van der Waals surface area (Å²) in [7, 11) is 0. The van der Waals surface area contributed by atoms with Gasteiger partial charge in [0.25, 0.3) is 0 Å². The standard InChI is InChI=1S/C21H23Cl2N3O2/c22-15-5-3-4-14(19(15)23)20-18(27)12-17(16(25-20)13-24-28)26-10-8-21(9-11-26)6-1-2-7-21/h3-5,12,27H,1-2,6-11,13H2. The number of aromatic hydroxyl groups is 1. The maximum Gasteiger partial charge on any atom is 0.144 e. The fraction of sp³-hybridized carbons (Fsp3) is 0.476. The third kappa shape index (κ3) is 3.58. The van der Waals surface area contributed by atoms with E-state index in [1.165, 1.54) is 25.7 Å². The maximum atomic E-state index is 11.0. The summed E-state index contributed by atoms with van der Waals surface area (Å²) in [4.78, 5) is 17.8. The lowest BCUT2D eigenvalue weighted by molar-refractivity contribution is 0.226. The van der Waals surface area contributed by atoms with Crippen LogP contribution in [-0.4, -0.2) is 23.2 Å². The fourth-order valence-corrected chi connectivity index (χ4v) is 5.10. The van der Waals surface area contributed by atoms with Gasteiger partial charge < -0.3 is 10.0 Å². The van der Waals surface area contributed by atoms with Gasteiger partial charge in [-0.05, 0) is 37.2 Å². The number of piperidine rings is 1. The number of pyridine rings is 1. The van der Waals surface area contributed by atoms with Crippen LogP contribution in [0.25, 0.3) is 11.3 Å². The Balaban J connectivity index is 1.68. The van der Waals surface area contributed by atoms with Crippen LogP contribution >= 0.6 is 23.2 Å². The molecule has 2 fully saturated rings. The van der Waals surface area contributed by atoms with Crippen LogP contribution in [0.5, 0.6) is 5.75 Å². The highest BCUT2D eigenvalue weighted by atomic mass is 35.5. The summed E-state index contributed by atoms with van der Waals surface area (Å²) in [5, 5.41) is 14.5. The minimum absolute atomic E-state index is 0.0231. The third-order valence-electron chi connectivity index (χ3n) is 6.31. The molecule has 0 bridgehead atoms. The number of halogens is 2. The summed E-state index contributed by atoms with van der Waals surface area (Å²) in [6.45, 7) is 1.76. The molecule has 1 saturated heterocycles. The van der Waals surface area contributed by atoms with Gasteiger partial charge in [0.1, 0.15) is 18.0 Å². The zero-order valence-corrected chi connectivity index (χ0v) is 17.1. The number of nitroso groups, excluding NO2 is 1. The van der Waals surface area contributed by atoms with E-state index in [2.05, 4.69) is 15.1 Å². The van der Waals surface area contributed by atoms with Crippen molar-refractivity contribution in [2.75, 3.05) is 18.0 Å². The minimum Gasteiger partial charge on any atom is -0.506 e. The monoisotopic (exact) mass is 419 g/mol. The molecule has 1 spiro atoms. The Morgan fingerprint density at radius 2 is 1.86 bits per heavy atom. The van der Waals surface area contributed by atoms with Gasteiger partial charge >= 0.3 is 0 Å². The topological polar surface area (TPSA) is 65.8 Å². The molecule has 1 saturated carbocycles. The van der Waals surface area contributed by atoms with Gasteiger partial charge in [-0.25, -0.2) is 4.98 Å². The summed E-state index contributed by atoms with van der Waals surface area (Å²) in [5.41, 5.74) is 2.68. The molecule has 2 aromatic rings. The fourth-order valence-electron chi connectivity index (χ4n) is 4.71. The van der Waals surface area contributed by atoms with E-state index in [4.69, 9.17) is 23.2 Å². The molecule has 0 amide bonds. The Morgan fingerprint density at radius 1 is 1.14 bits per heavy atom. The highest BCUT2D eigenvalue weighted by Gasteiger charge is 2.37. The Kier molecular flexibility index (Phi) is 5.48. The van der Waals surface area contributed by atoms with Gasteiger partial charge in [-0.1, -0.05) is 53.4 Å². The third-order valence-corrected chi connectivity index (χ3v) is 7.13. The Hall–Kier alpha value is -1.85. The van der Waals surface area contributed by atoms with E-state index >= 15 is 0 Å². The molecule has 1 aliphatic heterocycles. The van der Waals surface area contributed by atoms with Crippen molar-refractivity contribution in [1.29, 1.82) is 0 Å². The molecule has 1 aromatic carbocycles. The van der Waals surface area contributed by atoms with Gasteiger partial charge in [-0.15, -0.1) is 0 Å². The van der Waals surface area contributed by atoms with E-state index in [1.54, 1.807) is 24.3 Å². The smallest absolute Gasteiger partial charge is 0.144 e. The van der Waals surface area contributed by atoms with Crippen molar-refractivity contribution in [2.24, 2.45) is 10.6 Å². The molecule has 2 aliphatic rings. The van der Waals surface area contributed by atoms with Crippen molar-refractivity contribution in [3.05, 3.63) is 44.9 Å². The van der Waals surface area contributed by atoms with Gasteiger partial charge in [0.15, 0.2) is 0 Å². The molecule has 28 heavy (non-hydrogen) atoms. The molecule has 148 valence electrons. The molecule has 0 radical (unpaired) electrons. The predicted molar refractivity (Wildman–Crippen MR) is 113 cm³/mol. The molecular formula is C21H23Cl2N3O2. The number of nitrogens with zero attached hydrogens (tertiary/aromatic N) is 3. The van der Waals surface area contributed by atoms with E-state index in [1.807, 2.05) is 0 Å². The SMILES string of the molecule is O=NCc1nc(-c2cccc(Cl)c2Cl)c(O)cc1N1CCC2(CCCC2)CC1.